The molecule has 1 fully saturated rings. The van der Waals surface area contributed by atoms with Crippen LogP contribution >= 0.6 is 11.3 Å². The van der Waals surface area contributed by atoms with E-state index in [1.807, 2.05) is 6.92 Å². The Morgan fingerprint density at radius 3 is 3.12 bits per heavy atom. The molecule has 0 aromatic carbocycles. The van der Waals surface area contributed by atoms with E-state index in [4.69, 9.17) is 9.84 Å². The van der Waals surface area contributed by atoms with Crippen LogP contribution in [0.3, 0.4) is 0 Å². The SMILES string of the molecule is Cc1sc(C(=O)O)cc1CNC1CCCOC1. The van der Waals surface area contributed by atoms with Gasteiger partial charge >= 0.3 is 5.97 Å². The smallest absolute Gasteiger partial charge is 0.345 e. The van der Waals surface area contributed by atoms with Gasteiger partial charge in [-0.1, -0.05) is 0 Å². The van der Waals surface area contributed by atoms with Gasteiger partial charge in [0.25, 0.3) is 0 Å². The number of hydrogen-bond donors (Lipinski definition) is 2. The molecular weight excluding hydrogens is 238 g/mol. The normalized spacial score (nSPS) is 20.4. The van der Waals surface area contributed by atoms with Crippen molar-refractivity contribution in [1.82, 2.24) is 5.32 Å². The van der Waals surface area contributed by atoms with E-state index < -0.39 is 5.97 Å². The van der Waals surface area contributed by atoms with Gasteiger partial charge < -0.3 is 15.2 Å². The molecule has 0 spiro atoms. The number of carboxylic acids is 1. The summed E-state index contributed by atoms with van der Waals surface area (Å²) in [7, 11) is 0. The molecule has 17 heavy (non-hydrogen) atoms. The number of aryl methyl sites for hydroxylation is 1. The van der Waals surface area contributed by atoms with Gasteiger partial charge in [0.1, 0.15) is 4.88 Å². The van der Waals surface area contributed by atoms with Gasteiger partial charge in [-0.15, -0.1) is 11.3 Å². The maximum absolute atomic E-state index is 10.8. The molecule has 0 aliphatic carbocycles. The number of aromatic carboxylic acids is 1. The predicted molar refractivity (Wildman–Crippen MR) is 66.7 cm³/mol. The third-order valence-corrected chi connectivity index (χ3v) is 4.05. The van der Waals surface area contributed by atoms with Crippen LogP contribution in [0.5, 0.6) is 0 Å². The summed E-state index contributed by atoms with van der Waals surface area (Å²) in [4.78, 5) is 12.3. The minimum Gasteiger partial charge on any atom is -0.477 e. The first-order valence-corrected chi connectivity index (χ1v) is 6.62. The van der Waals surface area contributed by atoms with Crippen LogP contribution in [0.2, 0.25) is 0 Å². The monoisotopic (exact) mass is 255 g/mol. The highest BCUT2D eigenvalue weighted by molar-refractivity contribution is 7.14. The molecule has 1 aromatic rings. The van der Waals surface area contributed by atoms with Crippen molar-refractivity contribution in [3.05, 3.63) is 21.4 Å². The van der Waals surface area contributed by atoms with E-state index in [1.165, 1.54) is 11.3 Å². The summed E-state index contributed by atoms with van der Waals surface area (Å²) in [6.45, 7) is 4.31. The molecule has 2 N–H and O–H groups in total. The average molecular weight is 255 g/mol. The Bertz CT molecular complexity index is 396. The largest absolute Gasteiger partial charge is 0.477 e. The van der Waals surface area contributed by atoms with Crippen LogP contribution in [0.1, 0.15) is 33.0 Å². The predicted octanol–water partition coefficient (Wildman–Crippen LogP) is 2.02. The molecule has 1 saturated heterocycles. The third kappa shape index (κ3) is 3.28. The zero-order valence-electron chi connectivity index (χ0n) is 9.86. The molecule has 1 unspecified atom stereocenters. The van der Waals surface area contributed by atoms with Crippen molar-refractivity contribution in [2.45, 2.75) is 32.4 Å². The minimum atomic E-state index is -0.842. The second-order valence-corrected chi connectivity index (χ2v) is 5.55. The molecule has 1 aromatic heterocycles. The number of ether oxygens (including phenoxy) is 1. The van der Waals surface area contributed by atoms with Crippen molar-refractivity contribution in [3.63, 3.8) is 0 Å². The summed E-state index contributed by atoms with van der Waals surface area (Å²) in [5.41, 5.74) is 1.08. The summed E-state index contributed by atoms with van der Waals surface area (Å²) < 4.78 is 5.39. The van der Waals surface area contributed by atoms with Crippen LogP contribution in [0, 0.1) is 6.92 Å². The van der Waals surface area contributed by atoms with Crippen LogP contribution in [0.4, 0.5) is 0 Å². The van der Waals surface area contributed by atoms with E-state index >= 15 is 0 Å². The lowest BCUT2D eigenvalue weighted by Crippen LogP contribution is -2.36. The number of carbonyl (C=O) groups is 1. The van der Waals surface area contributed by atoms with E-state index in [1.54, 1.807) is 6.07 Å². The van der Waals surface area contributed by atoms with Gasteiger partial charge in [0.05, 0.1) is 6.61 Å². The second-order valence-electron chi connectivity index (χ2n) is 4.29. The van der Waals surface area contributed by atoms with Crippen molar-refractivity contribution in [2.24, 2.45) is 0 Å². The van der Waals surface area contributed by atoms with E-state index in [2.05, 4.69) is 5.32 Å². The number of carboxylic acid groups (broad SMARTS) is 1. The Balaban J connectivity index is 1.91. The first-order chi connectivity index (χ1) is 8.16. The summed E-state index contributed by atoms with van der Waals surface area (Å²) in [5.74, 6) is -0.842. The zero-order chi connectivity index (χ0) is 12.3. The molecule has 1 atom stereocenters. The van der Waals surface area contributed by atoms with E-state index in [-0.39, 0.29) is 0 Å². The molecule has 0 saturated carbocycles. The minimum absolute atomic E-state index is 0.399. The fourth-order valence-corrected chi connectivity index (χ4v) is 2.84. The fourth-order valence-electron chi connectivity index (χ4n) is 1.96. The van der Waals surface area contributed by atoms with Crippen LogP contribution in [0.25, 0.3) is 0 Å². The summed E-state index contributed by atoms with van der Waals surface area (Å²) in [5, 5.41) is 12.3. The van der Waals surface area contributed by atoms with Crippen molar-refractivity contribution in [1.29, 1.82) is 0 Å². The van der Waals surface area contributed by atoms with Gasteiger partial charge in [0, 0.05) is 24.1 Å². The quantitative estimate of drug-likeness (QED) is 0.864. The van der Waals surface area contributed by atoms with Crippen LogP contribution < -0.4 is 5.32 Å². The molecule has 1 aliphatic rings. The maximum atomic E-state index is 10.8. The first-order valence-electron chi connectivity index (χ1n) is 5.80. The molecule has 0 amide bonds. The summed E-state index contributed by atoms with van der Waals surface area (Å²) >= 11 is 1.34. The van der Waals surface area contributed by atoms with Crippen LogP contribution in [0.15, 0.2) is 6.07 Å². The average Bonchev–Trinajstić information content (AvgIpc) is 2.70. The van der Waals surface area contributed by atoms with Gasteiger partial charge in [0.2, 0.25) is 0 Å². The number of hydrogen-bond acceptors (Lipinski definition) is 4. The number of thiophene rings is 1. The van der Waals surface area contributed by atoms with E-state index in [0.29, 0.717) is 10.9 Å². The zero-order valence-corrected chi connectivity index (χ0v) is 10.7. The van der Waals surface area contributed by atoms with Gasteiger partial charge in [0.15, 0.2) is 0 Å². The highest BCUT2D eigenvalue weighted by Gasteiger charge is 2.15. The van der Waals surface area contributed by atoms with Gasteiger partial charge in [-0.25, -0.2) is 4.79 Å². The molecule has 0 radical (unpaired) electrons. The molecule has 4 nitrogen and oxygen atoms in total. The second kappa shape index (κ2) is 5.62. The van der Waals surface area contributed by atoms with Crippen molar-refractivity contribution in [2.75, 3.05) is 13.2 Å². The standard InChI is InChI=1S/C12H17NO3S/c1-8-9(5-11(17-8)12(14)15)6-13-10-3-2-4-16-7-10/h5,10,13H,2-4,6-7H2,1H3,(H,14,15). The summed E-state index contributed by atoms with van der Waals surface area (Å²) in [6, 6.07) is 2.16. The Morgan fingerprint density at radius 1 is 1.71 bits per heavy atom. The van der Waals surface area contributed by atoms with Crippen molar-refractivity contribution in [3.8, 4) is 0 Å². The lowest BCUT2D eigenvalue weighted by atomic mass is 10.1. The van der Waals surface area contributed by atoms with Crippen LogP contribution in [-0.2, 0) is 11.3 Å². The summed E-state index contributed by atoms with van der Waals surface area (Å²) in [6.07, 6.45) is 2.23. The van der Waals surface area contributed by atoms with Gasteiger partial charge in [-0.05, 0) is 31.4 Å². The highest BCUT2D eigenvalue weighted by Crippen LogP contribution is 2.21. The molecule has 2 rings (SSSR count). The Kier molecular flexibility index (Phi) is 4.15. The Morgan fingerprint density at radius 2 is 2.53 bits per heavy atom. The Hall–Kier alpha value is -0.910. The molecule has 1 aliphatic heterocycles. The Labute approximate surface area is 105 Å². The lowest BCUT2D eigenvalue weighted by Gasteiger charge is -2.23. The van der Waals surface area contributed by atoms with Gasteiger partial charge in [-0.2, -0.15) is 0 Å². The topological polar surface area (TPSA) is 58.6 Å². The molecule has 94 valence electrons. The van der Waals surface area contributed by atoms with Crippen LogP contribution in [-0.4, -0.2) is 30.3 Å². The highest BCUT2D eigenvalue weighted by atomic mass is 32.1. The lowest BCUT2D eigenvalue weighted by molar-refractivity contribution is 0.0695. The van der Waals surface area contributed by atoms with Crippen molar-refractivity contribution < 1.29 is 14.6 Å². The van der Waals surface area contributed by atoms with Crippen molar-refractivity contribution >= 4 is 17.3 Å². The van der Waals surface area contributed by atoms with Gasteiger partial charge in [-0.3, -0.25) is 0 Å². The molecular formula is C12H17NO3S. The third-order valence-electron chi connectivity index (χ3n) is 2.97. The molecule has 2 heterocycles. The number of rotatable bonds is 4. The van der Waals surface area contributed by atoms with E-state index in [9.17, 15) is 4.79 Å². The molecule has 0 bridgehead atoms. The molecule has 5 heteroatoms. The number of nitrogens with one attached hydrogen (secondary N) is 1. The maximum Gasteiger partial charge on any atom is 0.345 e. The first kappa shape index (κ1) is 12.5. The van der Waals surface area contributed by atoms with E-state index in [0.717, 1.165) is 43.0 Å². The fraction of sp³-hybridized carbons (Fsp3) is 0.583.